The Morgan fingerprint density at radius 1 is 1.13 bits per heavy atom. The molecule has 0 aromatic heterocycles. The van der Waals surface area contributed by atoms with Gasteiger partial charge < -0.3 is 9.90 Å². The van der Waals surface area contributed by atoms with Crippen LogP contribution in [0.3, 0.4) is 0 Å². The monoisotopic (exact) mass is 372 g/mol. The van der Waals surface area contributed by atoms with Crippen molar-refractivity contribution in [2.75, 3.05) is 10.8 Å². The number of anilines is 1. The van der Waals surface area contributed by atoms with Crippen LogP contribution < -0.4 is 9.41 Å². The lowest BCUT2D eigenvalue weighted by atomic mass is 10.2. The molecule has 0 aliphatic rings. The molecule has 0 unspecified atom stereocenters. The summed E-state index contributed by atoms with van der Waals surface area (Å²) >= 11 is 11.9. The lowest BCUT2D eigenvalue weighted by molar-refractivity contribution is -0.303. The van der Waals surface area contributed by atoms with E-state index in [-0.39, 0.29) is 20.6 Å². The predicted molar refractivity (Wildman–Crippen MR) is 87.2 cm³/mol. The normalized spacial score (nSPS) is 11.3. The Kier molecular flexibility index (Phi) is 5.19. The van der Waals surface area contributed by atoms with Gasteiger partial charge in [-0.05, 0) is 31.2 Å². The smallest absolute Gasteiger partial charge is 0.264 e. The first-order chi connectivity index (χ1) is 10.7. The maximum absolute atomic E-state index is 12.8. The van der Waals surface area contributed by atoms with E-state index in [0.717, 1.165) is 5.56 Å². The van der Waals surface area contributed by atoms with Crippen LogP contribution in [0, 0.1) is 6.92 Å². The molecule has 0 N–H and O–H groups in total. The standard InChI is InChI=1S/C15H13Cl2NO4S/c1-10-5-7-11(8-6-10)23(21,22)18(9-14(19)20)13-4-2-3-12(16)15(13)17/h2-8H,9H2,1H3,(H,19,20)/p-1. The number of halogens is 2. The highest BCUT2D eigenvalue weighted by atomic mass is 35.5. The van der Waals surface area contributed by atoms with Crippen molar-refractivity contribution in [2.24, 2.45) is 0 Å². The van der Waals surface area contributed by atoms with Crippen molar-refractivity contribution in [3.8, 4) is 0 Å². The van der Waals surface area contributed by atoms with Crippen LogP contribution in [-0.4, -0.2) is 20.9 Å². The minimum atomic E-state index is -4.14. The lowest BCUT2D eigenvalue weighted by Crippen LogP contribution is -2.41. The number of carbonyl (C=O) groups excluding carboxylic acids is 1. The van der Waals surface area contributed by atoms with Gasteiger partial charge >= 0.3 is 0 Å². The summed E-state index contributed by atoms with van der Waals surface area (Å²) in [7, 11) is -4.14. The number of carboxylic acid groups (broad SMARTS) is 1. The van der Waals surface area contributed by atoms with E-state index in [0.29, 0.717) is 4.31 Å². The Morgan fingerprint density at radius 3 is 2.30 bits per heavy atom. The van der Waals surface area contributed by atoms with Gasteiger partial charge in [0.15, 0.2) is 0 Å². The number of hydrogen-bond donors (Lipinski definition) is 0. The number of benzene rings is 2. The molecule has 2 rings (SSSR count). The summed E-state index contributed by atoms with van der Waals surface area (Å²) < 4.78 is 26.2. The van der Waals surface area contributed by atoms with Gasteiger partial charge in [-0.15, -0.1) is 0 Å². The molecule has 0 heterocycles. The van der Waals surface area contributed by atoms with E-state index in [1.54, 1.807) is 12.1 Å². The second-order valence-electron chi connectivity index (χ2n) is 4.77. The fourth-order valence-electron chi connectivity index (χ4n) is 1.94. The quantitative estimate of drug-likeness (QED) is 0.806. The average molecular weight is 373 g/mol. The van der Waals surface area contributed by atoms with E-state index in [4.69, 9.17) is 23.2 Å². The van der Waals surface area contributed by atoms with Crippen LogP contribution in [0.2, 0.25) is 10.0 Å². The number of rotatable bonds is 5. The fraction of sp³-hybridized carbons (Fsp3) is 0.133. The highest BCUT2D eigenvalue weighted by molar-refractivity contribution is 7.92. The number of aliphatic carboxylic acids is 1. The molecule has 0 bridgehead atoms. The van der Waals surface area contributed by atoms with Gasteiger partial charge in [-0.25, -0.2) is 8.42 Å². The second kappa shape index (κ2) is 6.78. The zero-order valence-corrected chi connectivity index (χ0v) is 14.3. The molecular formula is C15H12Cl2NO4S-. The van der Waals surface area contributed by atoms with Crippen LogP contribution >= 0.6 is 23.2 Å². The third kappa shape index (κ3) is 3.77. The molecule has 2 aromatic carbocycles. The molecule has 0 spiro atoms. The zero-order valence-electron chi connectivity index (χ0n) is 12.0. The largest absolute Gasteiger partial charge is 0.548 e. The second-order valence-corrected chi connectivity index (χ2v) is 7.42. The number of sulfonamides is 1. The molecule has 122 valence electrons. The lowest BCUT2D eigenvalue weighted by Gasteiger charge is -2.26. The van der Waals surface area contributed by atoms with Crippen LogP contribution in [0.1, 0.15) is 5.56 Å². The van der Waals surface area contributed by atoms with Gasteiger partial charge in [0, 0.05) is 0 Å². The van der Waals surface area contributed by atoms with Crippen LogP contribution in [0.4, 0.5) is 5.69 Å². The molecule has 0 fully saturated rings. The zero-order chi connectivity index (χ0) is 17.2. The van der Waals surface area contributed by atoms with E-state index in [1.165, 1.54) is 30.3 Å². The number of aryl methyl sites for hydroxylation is 1. The number of nitrogens with zero attached hydrogens (tertiary/aromatic N) is 1. The molecule has 0 atom stereocenters. The molecule has 8 heteroatoms. The average Bonchev–Trinajstić information content (AvgIpc) is 2.48. The van der Waals surface area contributed by atoms with E-state index in [9.17, 15) is 18.3 Å². The minimum absolute atomic E-state index is 0.0241. The van der Waals surface area contributed by atoms with Crippen molar-refractivity contribution in [1.82, 2.24) is 0 Å². The SMILES string of the molecule is Cc1ccc(S(=O)(=O)N(CC(=O)[O-])c2cccc(Cl)c2Cl)cc1. The van der Waals surface area contributed by atoms with Crippen LogP contribution in [0.25, 0.3) is 0 Å². The van der Waals surface area contributed by atoms with Crippen LogP contribution in [0.5, 0.6) is 0 Å². The molecule has 2 aromatic rings. The molecule has 0 radical (unpaired) electrons. The Bertz CT molecular complexity index is 835. The summed E-state index contributed by atoms with van der Waals surface area (Å²) in [6.07, 6.45) is 0. The summed E-state index contributed by atoms with van der Waals surface area (Å²) in [4.78, 5) is 11.0. The molecule has 23 heavy (non-hydrogen) atoms. The topological polar surface area (TPSA) is 77.5 Å². The van der Waals surface area contributed by atoms with Crippen LogP contribution in [0.15, 0.2) is 47.4 Å². The van der Waals surface area contributed by atoms with Gasteiger partial charge in [0.25, 0.3) is 10.0 Å². The Labute approximate surface area is 144 Å². The summed E-state index contributed by atoms with van der Waals surface area (Å²) in [5.41, 5.74) is 0.847. The maximum Gasteiger partial charge on any atom is 0.264 e. The molecule has 0 saturated heterocycles. The highest BCUT2D eigenvalue weighted by Crippen LogP contribution is 2.35. The van der Waals surface area contributed by atoms with E-state index >= 15 is 0 Å². The van der Waals surface area contributed by atoms with Crippen molar-refractivity contribution >= 4 is 44.9 Å². The van der Waals surface area contributed by atoms with Gasteiger partial charge in [0.05, 0.1) is 33.1 Å². The van der Waals surface area contributed by atoms with Crippen molar-refractivity contribution < 1.29 is 18.3 Å². The van der Waals surface area contributed by atoms with Crippen molar-refractivity contribution in [1.29, 1.82) is 0 Å². The summed E-state index contributed by atoms with van der Waals surface area (Å²) in [6.45, 7) is 0.930. The number of carbonyl (C=O) groups is 1. The van der Waals surface area contributed by atoms with Crippen molar-refractivity contribution in [3.05, 3.63) is 58.1 Å². The molecule has 0 aliphatic heterocycles. The predicted octanol–water partition coefficient (Wildman–Crippen LogP) is 2.25. The Morgan fingerprint density at radius 2 is 1.74 bits per heavy atom. The van der Waals surface area contributed by atoms with Crippen molar-refractivity contribution in [2.45, 2.75) is 11.8 Å². The van der Waals surface area contributed by atoms with E-state index in [1.807, 2.05) is 6.92 Å². The third-order valence-corrected chi connectivity index (χ3v) is 5.66. The molecule has 5 nitrogen and oxygen atoms in total. The van der Waals surface area contributed by atoms with Gasteiger partial charge in [-0.2, -0.15) is 0 Å². The van der Waals surface area contributed by atoms with Gasteiger partial charge in [0.2, 0.25) is 0 Å². The summed E-state index contributed by atoms with van der Waals surface area (Å²) in [5.74, 6) is -1.56. The highest BCUT2D eigenvalue weighted by Gasteiger charge is 2.27. The molecule has 0 amide bonds. The van der Waals surface area contributed by atoms with E-state index in [2.05, 4.69) is 0 Å². The Hall–Kier alpha value is -1.76. The first-order valence-electron chi connectivity index (χ1n) is 6.47. The molecular weight excluding hydrogens is 361 g/mol. The fourth-order valence-corrected chi connectivity index (χ4v) is 3.81. The van der Waals surface area contributed by atoms with Gasteiger partial charge in [0.1, 0.15) is 0 Å². The summed E-state index contributed by atoms with van der Waals surface area (Å²) in [6, 6.07) is 10.4. The van der Waals surface area contributed by atoms with Crippen LogP contribution in [-0.2, 0) is 14.8 Å². The summed E-state index contributed by atoms with van der Waals surface area (Å²) in [5, 5.41) is 11.1. The van der Waals surface area contributed by atoms with Crippen molar-refractivity contribution in [3.63, 3.8) is 0 Å². The van der Waals surface area contributed by atoms with Gasteiger partial charge in [-0.3, -0.25) is 4.31 Å². The minimum Gasteiger partial charge on any atom is -0.548 e. The third-order valence-electron chi connectivity index (χ3n) is 3.08. The number of carboxylic acids is 1. The first-order valence-corrected chi connectivity index (χ1v) is 8.66. The first kappa shape index (κ1) is 17.6. The molecule has 0 saturated carbocycles. The van der Waals surface area contributed by atoms with E-state index < -0.39 is 22.5 Å². The Balaban J connectivity index is 2.60. The number of hydrogen-bond acceptors (Lipinski definition) is 4. The van der Waals surface area contributed by atoms with Gasteiger partial charge in [-0.1, -0.05) is 47.0 Å². The molecule has 0 aliphatic carbocycles. The maximum atomic E-state index is 12.8.